The van der Waals surface area contributed by atoms with Crippen LogP contribution in [0.25, 0.3) is 21.9 Å². The fourth-order valence-electron chi connectivity index (χ4n) is 4.10. The highest BCUT2D eigenvalue weighted by molar-refractivity contribution is 9.10. The van der Waals surface area contributed by atoms with E-state index in [1.54, 1.807) is 0 Å². The Morgan fingerprint density at radius 3 is 3.00 bits per heavy atom. The Bertz CT molecular complexity index is 1230. The van der Waals surface area contributed by atoms with E-state index in [0.29, 0.717) is 22.9 Å². The van der Waals surface area contributed by atoms with E-state index in [-0.39, 0.29) is 5.56 Å². The molecule has 0 spiro atoms. The largest absolute Gasteiger partial charge is 0.349 e. The Morgan fingerprint density at radius 2 is 2.23 bits per heavy atom. The van der Waals surface area contributed by atoms with Crippen LogP contribution in [0.3, 0.4) is 0 Å². The summed E-state index contributed by atoms with van der Waals surface area (Å²) in [4.78, 5) is 20.6. The molecule has 156 valence electrons. The Hall–Kier alpha value is -2.47. The predicted octanol–water partition coefficient (Wildman–Crippen LogP) is 6.19. The minimum Gasteiger partial charge on any atom is -0.349 e. The monoisotopic (exact) mass is 466 g/mol. The van der Waals surface area contributed by atoms with Gasteiger partial charge >= 0.3 is 0 Å². The molecule has 6 heteroatoms. The number of nitrogens with one attached hydrogen (secondary N) is 1. The van der Waals surface area contributed by atoms with Gasteiger partial charge in [-0.25, -0.2) is 4.98 Å². The minimum atomic E-state index is -0.176. The van der Waals surface area contributed by atoms with Gasteiger partial charge in [0, 0.05) is 27.5 Å². The Balaban J connectivity index is 1.53. The molecule has 1 aromatic carbocycles. The van der Waals surface area contributed by atoms with Crippen molar-refractivity contribution in [2.75, 3.05) is 0 Å². The lowest BCUT2D eigenvalue weighted by atomic mass is 9.80. The second-order valence-electron chi connectivity index (χ2n) is 8.46. The molecule has 2 atom stereocenters. The van der Waals surface area contributed by atoms with Crippen LogP contribution in [-0.4, -0.2) is 20.9 Å². The summed E-state index contributed by atoms with van der Waals surface area (Å²) in [7, 11) is 0. The van der Waals surface area contributed by atoms with Gasteiger partial charge in [0.15, 0.2) is 0 Å². The number of H-pyrrole nitrogens is 1. The van der Waals surface area contributed by atoms with Crippen molar-refractivity contribution in [3.63, 3.8) is 0 Å². The standard InChI is InChI=1S/C24H27BrN4O/c1-15(2)5-4-6-17-7-8-18(16(3)11-17)13-27-29-14-26-22-20-12-19(25)9-10-21(20)28-23(22)24(29)30/h5,7,9-10,12-14,16,18,28H,4,6,8,11H2,1-3H3/b27-13-/t16-,18-/m1/s1. The molecule has 0 fully saturated rings. The highest BCUT2D eigenvalue weighted by atomic mass is 79.9. The number of fused-ring (bicyclic) bond motifs is 3. The quantitative estimate of drug-likeness (QED) is 0.359. The third kappa shape index (κ3) is 4.33. The molecule has 2 heterocycles. The fraction of sp³-hybridized carbons (Fsp3) is 0.375. The molecule has 0 unspecified atom stereocenters. The molecule has 0 saturated heterocycles. The molecule has 3 aromatic rings. The van der Waals surface area contributed by atoms with Crippen LogP contribution < -0.4 is 5.56 Å². The molecule has 4 rings (SSSR count). The lowest BCUT2D eigenvalue weighted by molar-refractivity contribution is 0.429. The van der Waals surface area contributed by atoms with Gasteiger partial charge in [0.05, 0.1) is 0 Å². The van der Waals surface area contributed by atoms with Crippen LogP contribution in [0, 0.1) is 11.8 Å². The second-order valence-corrected chi connectivity index (χ2v) is 9.38. The zero-order valence-corrected chi connectivity index (χ0v) is 19.2. The van der Waals surface area contributed by atoms with Crippen LogP contribution in [0.4, 0.5) is 0 Å². The van der Waals surface area contributed by atoms with Crippen molar-refractivity contribution < 1.29 is 0 Å². The number of aromatic nitrogens is 3. The normalized spacial score (nSPS) is 19.5. The van der Waals surface area contributed by atoms with E-state index >= 15 is 0 Å². The highest BCUT2D eigenvalue weighted by Crippen LogP contribution is 2.31. The Kier molecular flexibility index (Phi) is 6.04. The summed E-state index contributed by atoms with van der Waals surface area (Å²) >= 11 is 3.48. The molecule has 2 aromatic heterocycles. The topological polar surface area (TPSA) is 63.0 Å². The summed E-state index contributed by atoms with van der Waals surface area (Å²) < 4.78 is 2.30. The summed E-state index contributed by atoms with van der Waals surface area (Å²) in [5.74, 6) is 0.844. The van der Waals surface area contributed by atoms with Crippen LogP contribution >= 0.6 is 15.9 Å². The lowest BCUT2D eigenvalue weighted by Gasteiger charge is -2.25. The van der Waals surface area contributed by atoms with Crippen molar-refractivity contribution in [2.45, 2.75) is 46.5 Å². The van der Waals surface area contributed by atoms with Crippen LogP contribution in [0.5, 0.6) is 0 Å². The zero-order chi connectivity index (χ0) is 21.3. The Labute approximate surface area is 184 Å². The zero-order valence-electron chi connectivity index (χ0n) is 17.7. The second kappa shape index (κ2) is 8.72. The molecule has 1 N–H and O–H groups in total. The average molecular weight is 467 g/mol. The van der Waals surface area contributed by atoms with Crippen LogP contribution in [-0.2, 0) is 0 Å². The van der Waals surface area contributed by atoms with Crippen LogP contribution in [0.15, 0.2) is 62.2 Å². The molecule has 0 saturated carbocycles. The maximum absolute atomic E-state index is 12.9. The fourth-order valence-corrected chi connectivity index (χ4v) is 4.46. The first-order valence-electron chi connectivity index (χ1n) is 10.5. The molecule has 1 aliphatic carbocycles. The van der Waals surface area contributed by atoms with Crippen molar-refractivity contribution in [3.05, 3.63) is 62.7 Å². The number of allylic oxidation sites excluding steroid dienone is 4. The van der Waals surface area contributed by atoms with E-state index in [0.717, 1.165) is 41.1 Å². The molecular weight excluding hydrogens is 440 g/mol. The molecule has 0 amide bonds. The summed E-state index contributed by atoms with van der Waals surface area (Å²) in [6.45, 7) is 6.56. The van der Waals surface area contributed by atoms with Gasteiger partial charge in [-0.2, -0.15) is 9.78 Å². The molecular formula is C24H27BrN4O. The van der Waals surface area contributed by atoms with Crippen molar-refractivity contribution >= 4 is 44.1 Å². The lowest BCUT2D eigenvalue weighted by Crippen LogP contribution is -2.21. The van der Waals surface area contributed by atoms with E-state index in [9.17, 15) is 4.79 Å². The number of aromatic amines is 1. The molecule has 0 aliphatic heterocycles. The third-order valence-corrected chi connectivity index (χ3v) is 6.34. The van der Waals surface area contributed by atoms with E-state index < -0.39 is 0 Å². The summed E-state index contributed by atoms with van der Waals surface area (Å²) in [6, 6.07) is 5.86. The van der Waals surface area contributed by atoms with Gasteiger partial charge in [-0.05, 0) is 63.6 Å². The Morgan fingerprint density at radius 1 is 1.40 bits per heavy atom. The highest BCUT2D eigenvalue weighted by Gasteiger charge is 2.20. The van der Waals surface area contributed by atoms with Gasteiger partial charge in [0.2, 0.25) is 0 Å². The number of rotatable bonds is 5. The smallest absolute Gasteiger partial charge is 0.298 e. The van der Waals surface area contributed by atoms with E-state index in [1.807, 2.05) is 24.4 Å². The predicted molar refractivity (Wildman–Crippen MR) is 128 cm³/mol. The van der Waals surface area contributed by atoms with E-state index in [2.05, 4.69) is 63.9 Å². The molecule has 0 bridgehead atoms. The maximum atomic E-state index is 12.9. The van der Waals surface area contributed by atoms with Crippen LogP contribution in [0.2, 0.25) is 0 Å². The van der Waals surface area contributed by atoms with Gasteiger partial charge in [0.1, 0.15) is 17.4 Å². The van der Waals surface area contributed by atoms with Crippen LogP contribution in [0.1, 0.15) is 46.5 Å². The number of nitrogens with zero attached hydrogens (tertiary/aromatic N) is 3. The average Bonchev–Trinajstić information content (AvgIpc) is 3.07. The first kappa shape index (κ1) is 20.8. The molecule has 0 radical (unpaired) electrons. The van der Waals surface area contributed by atoms with Crippen molar-refractivity contribution in [1.29, 1.82) is 0 Å². The number of benzene rings is 1. The summed E-state index contributed by atoms with van der Waals surface area (Å²) in [5, 5.41) is 5.41. The summed E-state index contributed by atoms with van der Waals surface area (Å²) in [5.41, 5.74) is 4.80. The van der Waals surface area contributed by atoms with Gasteiger partial charge in [-0.15, -0.1) is 0 Å². The molecule has 30 heavy (non-hydrogen) atoms. The van der Waals surface area contributed by atoms with E-state index in [1.165, 1.54) is 22.1 Å². The summed E-state index contributed by atoms with van der Waals surface area (Å²) in [6.07, 6.45) is 12.4. The number of hydrogen-bond acceptors (Lipinski definition) is 3. The molecule has 5 nitrogen and oxygen atoms in total. The van der Waals surface area contributed by atoms with Gasteiger partial charge in [-0.3, -0.25) is 4.79 Å². The molecule has 1 aliphatic rings. The number of halogens is 1. The van der Waals surface area contributed by atoms with Gasteiger partial charge in [0.25, 0.3) is 5.56 Å². The van der Waals surface area contributed by atoms with Crippen molar-refractivity contribution in [2.24, 2.45) is 16.9 Å². The first-order valence-corrected chi connectivity index (χ1v) is 11.3. The SMILES string of the molecule is CC(C)=CCCC1=CC[C@H](/C=N\n2cnc3c([nH]c4ccc(Br)cc43)c2=O)[C@H](C)C1. The number of hydrogen-bond donors (Lipinski definition) is 1. The minimum absolute atomic E-state index is 0.176. The van der Waals surface area contributed by atoms with Gasteiger partial charge < -0.3 is 4.98 Å². The first-order chi connectivity index (χ1) is 14.4. The third-order valence-electron chi connectivity index (χ3n) is 5.85. The van der Waals surface area contributed by atoms with Crippen molar-refractivity contribution in [3.8, 4) is 0 Å². The maximum Gasteiger partial charge on any atom is 0.298 e. The van der Waals surface area contributed by atoms with Crippen molar-refractivity contribution in [1.82, 2.24) is 14.6 Å². The van der Waals surface area contributed by atoms with E-state index in [4.69, 9.17) is 0 Å². The van der Waals surface area contributed by atoms with Gasteiger partial charge in [-0.1, -0.05) is 46.2 Å².